The van der Waals surface area contributed by atoms with Crippen LogP contribution in [0.2, 0.25) is 0 Å². The smallest absolute Gasteiger partial charge is 0.305 e. The van der Waals surface area contributed by atoms with Gasteiger partial charge in [0.05, 0.1) is 25.4 Å². The quantitative estimate of drug-likeness (QED) is 0.0417. The second kappa shape index (κ2) is 64.4. The zero-order chi connectivity index (χ0) is 53.6. The number of hydrogen-bond acceptors (Lipinski definition) is 5. The molecule has 2 atom stereocenters. The number of ether oxygens (including phenoxy) is 1. The molecule has 0 aromatic heterocycles. The molecule has 0 spiro atoms. The van der Waals surface area contributed by atoms with Crippen molar-refractivity contribution in [1.82, 2.24) is 5.32 Å². The summed E-state index contributed by atoms with van der Waals surface area (Å²) in [5.41, 5.74) is 0. The van der Waals surface area contributed by atoms with Crippen molar-refractivity contribution in [2.45, 2.75) is 411 Å². The van der Waals surface area contributed by atoms with Crippen LogP contribution in [0, 0.1) is 0 Å². The molecule has 3 N–H and O–H groups in total. The van der Waals surface area contributed by atoms with Gasteiger partial charge in [-0.1, -0.05) is 361 Å². The van der Waals surface area contributed by atoms with Crippen molar-refractivity contribution >= 4 is 11.9 Å². The van der Waals surface area contributed by atoms with E-state index in [1.165, 1.54) is 327 Å². The number of rotatable bonds is 65. The van der Waals surface area contributed by atoms with Crippen molar-refractivity contribution in [2.75, 3.05) is 13.2 Å². The van der Waals surface area contributed by atoms with E-state index in [-0.39, 0.29) is 18.5 Å². The number of aliphatic hydroxyl groups excluding tert-OH is 2. The van der Waals surface area contributed by atoms with E-state index in [0.29, 0.717) is 25.9 Å². The Kier molecular flexibility index (Phi) is 63.4. The summed E-state index contributed by atoms with van der Waals surface area (Å²) in [6, 6.07) is -0.541. The standard InChI is InChI=1S/C68H135NO5/c1-3-5-7-9-11-13-15-16-17-18-19-20-22-25-28-31-34-37-41-44-48-52-56-60-66(71)65(64-70)69-67(72)61-57-53-49-45-42-38-35-32-29-26-23-21-24-27-30-33-36-39-43-47-51-55-59-63-74-68(73)62-58-54-50-46-40-14-12-10-8-6-4-2/h65-66,70-71H,3-64H2,1-2H3,(H,69,72). The second-order valence-corrected chi connectivity index (χ2v) is 23.9. The molecule has 74 heavy (non-hydrogen) atoms. The Morgan fingerprint density at radius 3 is 0.824 bits per heavy atom. The van der Waals surface area contributed by atoms with Crippen molar-refractivity contribution < 1.29 is 24.5 Å². The minimum Gasteiger partial charge on any atom is -0.466 e. The van der Waals surface area contributed by atoms with Crippen LogP contribution >= 0.6 is 0 Å². The Balaban J connectivity index is 3.37. The Morgan fingerprint density at radius 2 is 0.554 bits per heavy atom. The van der Waals surface area contributed by atoms with Gasteiger partial charge in [0, 0.05) is 12.8 Å². The van der Waals surface area contributed by atoms with Crippen LogP contribution in [0.25, 0.3) is 0 Å². The van der Waals surface area contributed by atoms with E-state index in [0.717, 1.165) is 38.5 Å². The summed E-state index contributed by atoms with van der Waals surface area (Å²) < 4.78 is 5.47. The number of nitrogens with one attached hydrogen (secondary N) is 1. The number of carbonyl (C=O) groups is 2. The number of esters is 1. The number of amides is 1. The van der Waals surface area contributed by atoms with Gasteiger partial charge in [-0.15, -0.1) is 0 Å². The highest BCUT2D eigenvalue weighted by Gasteiger charge is 2.20. The average molecular weight is 1050 g/mol. The third-order valence-corrected chi connectivity index (χ3v) is 16.4. The van der Waals surface area contributed by atoms with Crippen LogP contribution in [-0.4, -0.2) is 47.4 Å². The zero-order valence-corrected chi connectivity index (χ0v) is 50.6. The molecular formula is C68H135NO5. The number of unbranched alkanes of at least 4 members (excludes halogenated alkanes) is 54. The molecule has 0 aliphatic carbocycles. The van der Waals surface area contributed by atoms with Gasteiger partial charge in [-0.25, -0.2) is 0 Å². The van der Waals surface area contributed by atoms with Gasteiger partial charge in [-0.3, -0.25) is 9.59 Å². The van der Waals surface area contributed by atoms with Crippen molar-refractivity contribution in [3.8, 4) is 0 Å². The molecule has 0 aromatic carbocycles. The largest absolute Gasteiger partial charge is 0.466 e. The van der Waals surface area contributed by atoms with E-state index in [9.17, 15) is 19.8 Å². The van der Waals surface area contributed by atoms with Gasteiger partial charge in [0.2, 0.25) is 5.91 Å². The first kappa shape index (κ1) is 72.9. The topological polar surface area (TPSA) is 95.9 Å². The molecule has 0 radical (unpaired) electrons. The van der Waals surface area contributed by atoms with Crippen LogP contribution in [0.3, 0.4) is 0 Å². The molecule has 442 valence electrons. The van der Waals surface area contributed by atoms with Crippen LogP contribution in [0.1, 0.15) is 399 Å². The third-order valence-electron chi connectivity index (χ3n) is 16.4. The monoisotopic (exact) mass is 1050 g/mol. The molecule has 6 nitrogen and oxygen atoms in total. The Hall–Kier alpha value is -1.14. The fraction of sp³-hybridized carbons (Fsp3) is 0.971. The van der Waals surface area contributed by atoms with Crippen molar-refractivity contribution in [3.05, 3.63) is 0 Å². The summed E-state index contributed by atoms with van der Waals surface area (Å²) in [6.45, 7) is 4.99. The first-order valence-corrected chi connectivity index (χ1v) is 34.3. The highest BCUT2D eigenvalue weighted by molar-refractivity contribution is 5.76. The maximum atomic E-state index is 12.5. The molecule has 0 bridgehead atoms. The normalized spacial score (nSPS) is 12.4. The van der Waals surface area contributed by atoms with E-state index in [2.05, 4.69) is 19.2 Å². The van der Waals surface area contributed by atoms with E-state index in [4.69, 9.17) is 4.74 Å². The summed E-state index contributed by atoms with van der Waals surface area (Å²) in [5, 5.41) is 23.4. The van der Waals surface area contributed by atoms with E-state index >= 15 is 0 Å². The molecule has 0 saturated heterocycles. The summed E-state index contributed by atoms with van der Waals surface area (Å²) in [6.07, 6.45) is 77.1. The number of hydrogen-bond donors (Lipinski definition) is 3. The molecule has 2 unspecified atom stereocenters. The van der Waals surface area contributed by atoms with Crippen LogP contribution < -0.4 is 5.32 Å². The lowest BCUT2D eigenvalue weighted by molar-refractivity contribution is -0.143. The van der Waals surface area contributed by atoms with Crippen LogP contribution in [0.5, 0.6) is 0 Å². The summed E-state index contributed by atoms with van der Waals surface area (Å²) in [5.74, 6) is -0.0134. The maximum Gasteiger partial charge on any atom is 0.305 e. The van der Waals surface area contributed by atoms with Gasteiger partial charge in [0.15, 0.2) is 0 Å². The predicted octanol–water partition coefficient (Wildman–Crippen LogP) is 21.8. The number of carbonyl (C=O) groups excluding carboxylic acids is 2. The minimum atomic E-state index is -0.664. The lowest BCUT2D eigenvalue weighted by Gasteiger charge is -2.22. The van der Waals surface area contributed by atoms with Crippen LogP contribution in [0.4, 0.5) is 0 Å². The lowest BCUT2D eigenvalue weighted by atomic mass is 10.0. The van der Waals surface area contributed by atoms with Gasteiger partial charge in [0.1, 0.15) is 0 Å². The van der Waals surface area contributed by atoms with Gasteiger partial charge < -0.3 is 20.3 Å². The van der Waals surface area contributed by atoms with Gasteiger partial charge >= 0.3 is 5.97 Å². The van der Waals surface area contributed by atoms with Crippen LogP contribution in [-0.2, 0) is 14.3 Å². The Bertz CT molecular complexity index is 1070. The fourth-order valence-corrected chi connectivity index (χ4v) is 11.2. The molecule has 0 aliphatic rings. The van der Waals surface area contributed by atoms with Gasteiger partial charge in [-0.05, 0) is 25.7 Å². The maximum absolute atomic E-state index is 12.5. The summed E-state index contributed by atoms with van der Waals surface area (Å²) in [7, 11) is 0. The molecule has 6 heteroatoms. The molecule has 0 aromatic rings. The first-order valence-electron chi connectivity index (χ1n) is 34.3. The summed E-state index contributed by atoms with van der Waals surface area (Å²) >= 11 is 0. The molecule has 0 saturated carbocycles. The highest BCUT2D eigenvalue weighted by Crippen LogP contribution is 2.19. The lowest BCUT2D eigenvalue weighted by Crippen LogP contribution is -2.45. The van der Waals surface area contributed by atoms with Crippen molar-refractivity contribution in [3.63, 3.8) is 0 Å². The van der Waals surface area contributed by atoms with E-state index in [1.54, 1.807) is 0 Å². The Labute approximate surface area is 464 Å². The SMILES string of the molecule is CCCCCCCCCCCCCCCCCCCCCCCCCC(O)C(CO)NC(=O)CCCCCCCCCCCCCCCCCCCCCCCCCOC(=O)CCCCCCCCCCCCC. The third kappa shape index (κ3) is 60.1. The fourth-order valence-electron chi connectivity index (χ4n) is 11.2. The molecule has 0 heterocycles. The molecule has 1 amide bonds. The molecule has 0 rings (SSSR count). The molecule has 0 aliphatic heterocycles. The minimum absolute atomic E-state index is 0.0155. The molecular weight excluding hydrogens is 911 g/mol. The van der Waals surface area contributed by atoms with Gasteiger partial charge in [-0.2, -0.15) is 0 Å². The highest BCUT2D eigenvalue weighted by atomic mass is 16.5. The van der Waals surface area contributed by atoms with E-state index in [1.807, 2.05) is 0 Å². The predicted molar refractivity (Wildman–Crippen MR) is 324 cm³/mol. The second-order valence-electron chi connectivity index (χ2n) is 23.9. The summed E-state index contributed by atoms with van der Waals surface area (Å²) in [4.78, 5) is 24.6. The van der Waals surface area contributed by atoms with Crippen molar-refractivity contribution in [1.29, 1.82) is 0 Å². The van der Waals surface area contributed by atoms with E-state index < -0.39 is 12.1 Å². The van der Waals surface area contributed by atoms with Crippen LogP contribution in [0.15, 0.2) is 0 Å². The van der Waals surface area contributed by atoms with Gasteiger partial charge in [0.25, 0.3) is 0 Å². The van der Waals surface area contributed by atoms with Crippen molar-refractivity contribution in [2.24, 2.45) is 0 Å². The zero-order valence-electron chi connectivity index (χ0n) is 50.6. The average Bonchev–Trinajstić information content (AvgIpc) is 3.40. The molecule has 0 fully saturated rings. The Morgan fingerprint density at radius 1 is 0.324 bits per heavy atom. The first-order chi connectivity index (χ1) is 36.5. The number of aliphatic hydroxyl groups is 2.